The standard InChI is InChI=1S/C76H84BN3O/c1-70(2,3)48-25-31-53(32-26-48)78(54-33-27-49(28-34-54)71(4,5)6)55-45-62-67-63(46-55)80-68-58(75(16)39-21-22-40-76(75,80)17)42-52(74(13,14)15)43-60(68)77(67)59-36-38-64-66(56-35-29-51(73(10,11)12)44-65(56)81-64)69(59)79(62)61-37-30-50(72(7,8)9)41-57(61)47-23-19-18-20-24-47/h18-20,23-38,41-46H,21-22,39-40H2,1-17H3. The molecule has 1 aromatic heterocycles. The van der Waals surface area contributed by atoms with Gasteiger partial charge in [-0.15, -0.1) is 0 Å². The van der Waals surface area contributed by atoms with Crippen LogP contribution in [-0.4, -0.2) is 12.3 Å². The molecule has 1 fully saturated rings. The fourth-order valence-electron chi connectivity index (χ4n) is 14.7. The van der Waals surface area contributed by atoms with Crippen LogP contribution in [-0.2, 0) is 32.5 Å². The zero-order chi connectivity index (χ0) is 57.3. The molecule has 2 unspecified atom stereocenters. The molecule has 0 N–H and O–H groups in total. The molecule has 412 valence electrons. The van der Waals surface area contributed by atoms with Gasteiger partial charge in [-0.05, 0) is 163 Å². The van der Waals surface area contributed by atoms with Gasteiger partial charge in [-0.2, -0.15) is 0 Å². The van der Waals surface area contributed by atoms with E-state index in [-0.39, 0.29) is 44.7 Å². The Balaban J connectivity index is 1.22. The molecule has 0 spiro atoms. The third kappa shape index (κ3) is 8.19. The second-order valence-electron chi connectivity index (χ2n) is 30.2. The van der Waals surface area contributed by atoms with Crippen molar-refractivity contribution in [3.63, 3.8) is 0 Å². The Morgan fingerprint density at radius 2 is 1.01 bits per heavy atom. The molecule has 4 aliphatic rings. The van der Waals surface area contributed by atoms with E-state index in [0.717, 1.165) is 57.5 Å². The third-order valence-corrected chi connectivity index (χ3v) is 19.8. The van der Waals surface area contributed by atoms with Gasteiger partial charge < -0.3 is 19.1 Å². The summed E-state index contributed by atoms with van der Waals surface area (Å²) in [4.78, 5) is 8.17. The quantitative estimate of drug-likeness (QED) is 0.160. The highest BCUT2D eigenvalue weighted by molar-refractivity contribution is 7.00. The van der Waals surface area contributed by atoms with Gasteiger partial charge in [0, 0.05) is 44.8 Å². The molecule has 8 aromatic carbocycles. The summed E-state index contributed by atoms with van der Waals surface area (Å²) in [6, 6.07) is 59.6. The molecule has 13 rings (SSSR count). The van der Waals surface area contributed by atoms with Gasteiger partial charge in [0.05, 0.1) is 28.0 Å². The Morgan fingerprint density at radius 1 is 0.457 bits per heavy atom. The lowest BCUT2D eigenvalue weighted by atomic mass is 9.33. The molecule has 5 heteroatoms. The Hall–Kier alpha value is -6.98. The van der Waals surface area contributed by atoms with E-state index in [1.54, 1.807) is 0 Å². The zero-order valence-electron chi connectivity index (χ0n) is 51.6. The van der Waals surface area contributed by atoms with Crippen molar-refractivity contribution in [3.8, 4) is 11.1 Å². The van der Waals surface area contributed by atoms with Crippen LogP contribution in [0.5, 0.6) is 0 Å². The molecular weight excluding hydrogens is 982 g/mol. The van der Waals surface area contributed by atoms with Crippen molar-refractivity contribution in [1.82, 2.24) is 0 Å². The molecule has 4 nitrogen and oxygen atoms in total. The average molecular weight is 1070 g/mol. The summed E-state index contributed by atoms with van der Waals surface area (Å²) in [5.74, 6) is 0. The van der Waals surface area contributed by atoms with E-state index < -0.39 is 0 Å². The van der Waals surface area contributed by atoms with E-state index in [2.05, 4.69) is 284 Å². The maximum Gasteiger partial charge on any atom is 0.252 e. The average Bonchev–Trinajstić information content (AvgIpc) is 3.76. The van der Waals surface area contributed by atoms with Crippen LogP contribution >= 0.6 is 0 Å². The van der Waals surface area contributed by atoms with Crippen molar-refractivity contribution >= 4 is 90.5 Å². The molecule has 0 bridgehead atoms. The van der Waals surface area contributed by atoms with Crippen LogP contribution in [0.25, 0.3) is 33.1 Å². The second kappa shape index (κ2) is 17.8. The zero-order valence-corrected chi connectivity index (χ0v) is 51.6. The second-order valence-corrected chi connectivity index (χ2v) is 30.2. The molecule has 0 saturated heterocycles. The molecule has 3 aliphatic heterocycles. The van der Waals surface area contributed by atoms with E-state index >= 15 is 0 Å². The summed E-state index contributed by atoms with van der Waals surface area (Å²) >= 11 is 0. The maximum absolute atomic E-state index is 7.18. The lowest BCUT2D eigenvalue weighted by molar-refractivity contribution is 0.195. The van der Waals surface area contributed by atoms with Crippen molar-refractivity contribution in [2.75, 3.05) is 14.7 Å². The van der Waals surface area contributed by atoms with Crippen LogP contribution in [0.4, 0.5) is 45.5 Å². The summed E-state index contributed by atoms with van der Waals surface area (Å²) in [6.07, 6.45) is 4.70. The Kier molecular flexibility index (Phi) is 11.7. The predicted octanol–water partition coefficient (Wildman–Crippen LogP) is 19.6. The van der Waals surface area contributed by atoms with Gasteiger partial charge in [0.2, 0.25) is 0 Å². The minimum atomic E-state index is -0.187. The number of anilines is 8. The van der Waals surface area contributed by atoms with E-state index in [1.807, 2.05) is 0 Å². The summed E-state index contributed by atoms with van der Waals surface area (Å²) < 4.78 is 7.18. The number of nitrogens with zero attached hydrogens (tertiary/aromatic N) is 3. The topological polar surface area (TPSA) is 22.9 Å². The van der Waals surface area contributed by atoms with Crippen molar-refractivity contribution < 1.29 is 4.42 Å². The summed E-state index contributed by atoms with van der Waals surface area (Å²) in [5.41, 5.74) is 25.7. The molecule has 0 radical (unpaired) electrons. The molecule has 9 aromatic rings. The molecule has 2 atom stereocenters. The van der Waals surface area contributed by atoms with E-state index in [9.17, 15) is 0 Å². The minimum Gasteiger partial charge on any atom is -0.456 e. The SMILES string of the molecule is CC(C)(C)c1ccc(N(c2ccc(C(C)(C)C)cc2)c2cc3c4c(c2)N2c5c(cc(C(C)(C)C)cc5C5(C)CCCCC25C)B4c2ccc4oc5cc(C(C)(C)C)ccc5c4c2N3c2ccc(C(C)(C)C)cc2-c2ccccc2)cc1. The van der Waals surface area contributed by atoms with E-state index in [1.165, 1.54) is 96.5 Å². The van der Waals surface area contributed by atoms with Crippen LogP contribution in [0.3, 0.4) is 0 Å². The van der Waals surface area contributed by atoms with Gasteiger partial charge >= 0.3 is 0 Å². The predicted molar refractivity (Wildman–Crippen MR) is 349 cm³/mol. The van der Waals surface area contributed by atoms with Gasteiger partial charge in [-0.1, -0.05) is 215 Å². The van der Waals surface area contributed by atoms with Gasteiger partial charge in [0.15, 0.2) is 0 Å². The molecule has 0 amide bonds. The number of hydrogen-bond donors (Lipinski definition) is 0. The highest BCUT2D eigenvalue weighted by atomic mass is 16.3. The van der Waals surface area contributed by atoms with Gasteiger partial charge in [-0.25, -0.2) is 0 Å². The van der Waals surface area contributed by atoms with Gasteiger partial charge in [0.25, 0.3) is 6.71 Å². The summed E-state index contributed by atoms with van der Waals surface area (Å²) in [7, 11) is 0. The lowest BCUT2D eigenvalue weighted by Gasteiger charge is -2.53. The first kappa shape index (κ1) is 53.3. The van der Waals surface area contributed by atoms with Crippen LogP contribution in [0.15, 0.2) is 156 Å². The molecule has 1 saturated carbocycles. The third-order valence-electron chi connectivity index (χ3n) is 19.8. The monoisotopic (exact) mass is 1070 g/mol. The Labute approximate surface area is 484 Å². The van der Waals surface area contributed by atoms with Crippen molar-refractivity contribution in [2.45, 2.75) is 181 Å². The number of rotatable bonds is 5. The largest absolute Gasteiger partial charge is 0.456 e. The fourth-order valence-corrected chi connectivity index (χ4v) is 14.7. The van der Waals surface area contributed by atoms with Crippen molar-refractivity contribution in [2.24, 2.45) is 0 Å². The van der Waals surface area contributed by atoms with Crippen LogP contribution in [0, 0.1) is 0 Å². The minimum absolute atomic E-state index is 0.00230. The van der Waals surface area contributed by atoms with Crippen LogP contribution < -0.4 is 31.1 Å². The van der Waals surface area contributed by atoms with Gasteiger partial charge in [0.1, 0.15) is 11.2 Å². The summed E-state index contributed by atoms with van der Waals surface area (Å²) in [5, 5.41) is 2.30. The first-order valence-electron chi connectivity index (χ1n) is 30.2. The van der Waals surface area contributed by atoms with Crippen molar-refractivity contribution in [1.29, 1.82) is 0 Å². The van der Waals surface area contributed by atoms with Gasteiger partial charge in [-0.3, -0.25) is 0 Å². The normalized spacial score (nSPS) is 18.8. The smallest absolute Gasteiger partial charge is 0.252 e. The molecule has 1 aliphatic carbocycles. The fraction of sp³-hybridized carbons (Fsp3) is 0.368. The first-order chi connectivity index (χ1) is 38.1. The Morgan fingerprint density at radius 3 is 1.62 bits per heavy atom. The van der Waals surface area contributed by atoms with E-state index in [0.29, 0.717) is 0 Å². The number of hydrogen-bond acceptors (Lipinski definition) is 4. The number of furan rings is 1. The Bertz CT molecular complexity index is 3940. The number of fused-ring (bicyclic) bond motifs is 11. The highest BCUT2D eigenvalue weighted by Gasteiger charge is 2.62. The molecule has 4 heterocycles. The summed E-state index contributed by atoms with van der Waals surface area (Å²) in [6.45, 7) is 40.2. The van der Waals surface area contributed by atoms with Crippen LogP contribution in [0.1, 0.15) is 177 Å². The number of benzene rings is 8. The lowest BCUT2D eigenvalue weighted by Crippen LogP contribution is -2.64. The van der Waals surface area contributed by atoms with E-state index in [4.69, 9.17) is 4.42 Å². The maximum atomic E-state index is 7.18. The molecular formula is C76H84BN3O. The van der Waals surface area contributed by atoms with Crippen molar-refractivity contribution in [3.05, 3.63) is 185 Å². The molecule has 81 heavy (non-hydrogen) atoms. The highest BCUT2D eigenvalue weighted by Crippen LogP contribution is 2.63. The van der Waals surface area contributed by atoms with Crippen LogP contribution in [0.2, 0.25) is 0 Å². The first-order valence-corrected chi connectivity index (χ1v) is 30.2.